The lowest BCUT2D eigenvalue weighted by molar-refractivity contribution is 0.314. The second kappa shape index (κ2) is 13.2. The molecule has 0 saturated carbocycles. The topological polar surface area (TPSA) is 9.23 Å². The first-order valence-electron chi connectivity index (χ1n) is 10.5. The maximum absolute atomic E-state index is 6.25. The number of hydrogen-bond acceptors (Lipinski definition) is 1. The van der Waals surface area contributed by atoms with E-state index in [-0.39, 0.29) is 0 Å². The smallest absolute Gasteiger partial charge is 0.192 e. The second-order valence-corrected chi connectivity index (χ2v) is 13.9. The van der Waals surface area contributed by atoms with E-state index < -0.39 is 8.32 Å². The van der Waals surface area contributed by atoms with Gasteiger partial charge in [-0.15, -0.1) is 0 Å². The van der Waals surface area contributed by atoms with Crippen LogP contribution in [0.5, 0.6) is 0 Å². The van der Waals surface area contributed by atoms with Crippen LogP contribution >= 0.6 is 0 Å². The van der Waals surface area contributed by atoms with Crippen molar-refractivity contribution in [3.05, 3.63) is 12.2 Å². The molecule has 144 valence electrons. The molecule has 0 aromatic heterocycles. The van der Waals surface area contributed by atoms with Gasteiger partial charge in [-0.2, -0.15) is 0 Å². The standard InChI is InChI=1S/C22H46OSi/c1-8-9-10-11-12-13-14-15-16-17-18-19-21(2)20-23-24(6,7)22(3,4)5/h2,8-20H2,1,3-7H3. The molecular formula is C22H46OSi. The van der Waals surface area contributed by atoms with Crippen LogP contribution in [-0.4, -0.2) is 14.9 Å². The summed E-state index contributed by atoms with van der Waals surface area (Å²) in [5.74, 6) is 0. The largest absolute Gasteiger partial charge is 0.413 e. The zero-order chi connectivity index (χ0) is 18.5. The minimum absolute atomic E-state index is 0.295. The lowest BCUT2D eigenvalue weighted by Crippen LogP contribution is -2.41. The van der Waals surface area contributed by atoms with Crippen LogP contribution in [0.4, 0.5) is 0 Å². The van der Waals surface area contributed by atoms with Gasteiger partial charge in [0.15, 0.2) is 8.32 Å². The highest BCUT2D eigenvalue weighted by molar-refractivity contribution is 6.74. The van der Waals surface area contributed by atoms with Gasteiger partial charge in [0.1, 0.15) is 0 Å². The molecule has 1 nitrogen and oxygen atoms in total. The fraction of sp³-hybridized carbons (Fsp3) is 0.909. The lowest BCUT2D eigenvalue weighted by Gasteiger charge is -2.36. The summed E-state index contributed by atoms with van der Waals surface area (Å²) < 4.78 is 6.25. The van der Waals surface area contributed by atoms with Gasteiger partial charge in [-0.05, 0) is 31.0 Å². The molecule has 0 radical (unpaired) electrons. The van der Waals surface area contributed by atoms with Gasteiger partial charge < -0.3 is 4.43 Å². The van der Waals surface area contributed by atoms with E-state index in [2.05, 4.69) is 47.4 Å². The van der Waals surface area contributed by atoms with E-state index in [0.29, 0.717) is 5.04 Å². The van der Waals surface area contributed by atoms with Gasteiger partial charge in [-0.1, -0.05) is 104 Å². The fourth-order valence-electron chi connectivity index (χ4n) is 2.61. The summed E-state index contributed by atoms with van der Waals surface area (Å²) in [6.07, 6.45) is 16.6. The lowest BCUT2D eigenvalue weighted by atomic mass is 10.0. The van der Waals surface area contributed by atoms with Crippen molar-refractivity contribution in [1.82, 2.24) is 0 Å². The van der Waals surface area contributed by atoms with E-state index in [4.69, 9.17) is 4.43 Å². The monoisotopic (exact) mass is 354 g/mol. The molecule has 0 saturated heterocycles. The first kappa shape index (κ1) is 23.9. The summed E-state index contributed by atoms with van der Waals surface area (Å²) in [7, 11) is -1.61. The van der Waals surface area contributed by atoms with Crippen LogP contribution in [0.2, 0.25) is 18.1 Å². The first-order chi connectivity index (χ1) is 11.2. The highest BCUT2D eigenvalue weighted by Gasteiger charge is 2.36. The van der Waals surface area contributed by atoms with Gasteiger partial charge in [0.05, 0.1) is 6.61 Å². The summed E-state index contributed by atoms with van der Waals surface area (Å²) >= 11 is 0. The van der Waals surface area contributed by atoms with Crippen LogP contribution < -0.4 is 0 Å². The van der Waals surface area contributed by atoms with Crippen LogP contribution in [0.3, 0.4) is 0 Å². The molecule has 0 aliphatic rings. The summed E-state index contributed by atoms with van der Waals surface area (Å²) in [5.41, 5.74) is 1.29. The predicted molar refractivity (Wildman–Crippen MR) is 113 cm³/mol. The Labute approximate surface area is 154 Å². The molecule has 0 heterocycles. The molecule has 0 unspecified atom stereocenters. The Hall–Kier alpha value is -0.0831. The molecule has 0 aromatic rings. The molecule has 0 amide bonds. The zero-order valence-electron chi connectivity index (χ0n) is 17.8. The van der Waals surface area contributed by atoms with E-state index in [1.54, 1.807) is 0 Å². The Morgan fingerprint density at radius 2 is 1.21 bits per heavy atom. The Kier molecular flexibility index (Phi) is 13.1. The van der Waals surface area contributed by atoms with Crippen molar-refractivity contribution in [3.63, 3.8) is 0 Å². The number of hydrogen-bond donors (Lipinski definition) is 0. The molecule has 0 spiro atoms. The summed E-state index contributed by atoms with van der Waals surface area (Å²) in [5, 5.41) is 0.295. The van der Waals surface area contributed by atoms with Crippen LogP contribution in [0.1, 0.15) is 105 Å². The summed E-state index contributed by atoms with van der Waals surface area (Å²) in [6.45, 7) is 18.8. The van der Waals surface area contributed by atoms with Crippen molar-refractivity contribution in [2.45, 2.75) is 123 Å². The van der Waals surface area contributed by atoms with Gasteiger partial charge in [-0.3, -0.25) is 0 Å². The Morgan fingerprint density at radius 1 is 0.792 bits per heavy atom. The van der Waals surface area contributed by atoms with Gasteiger partial charge >= 0.3 is 0 Å². The molecule has 0 aliphatic heterocycles. The van der Waals surface area contributed by atoms with Gasteiger partial charge in [0.2, 0.25) is 0 Å². The third-order valence-electron chi connectivity index (χ3n) is 5.58. The quantitative estimate of drug-likeness (QED) is 0.163. The molecule has 0 rings (SSSR count). The minimum Gasteiger partial charge on any atom is -0.413 e. The van der Waals surface area contributed by atoms with Gasteiger partial charge in [-0.25, -0.2) is 0 Å². The van der Waals surface area contributed by atoms with Gasteiger partial charge in [0.25, 0.3) is 0 Å². The minimum atomic E-state index is -1.61. The normalized spacial score (nSPS) is 12.6. The molecule has 0 atom stereocenters. The molecule has 0 N–H and O–H groups in total. The molecule has 24 heavy (non-hydrogen) atoms. The average molecular weight is 355 g/mol. The van der Waals surface area contributed by atoms with Crippen molar-refractivity contribution >= 4 is 8.32 Å². The molecular weight excluding hydrogens is 308 g/mol. The SMILES string of the molecule is C=C(CCCCCCCCCCCCC)CO[Si](C)(C)C(C)(C)C. The van der Waals surface area contributed by atoms with Crippen LogP contribution in [-0.2, 0) is 4.43 Å². The van der Waals surface area contributed by atoms with Crippen LogP contribution in [0.15, 0.2) is 12.2 Å². The zero-order valence-corrected chi connectivity index (χ0v) is 18.8. The second-order valence-electron chi connectivity index (χ2n) is 9.08. The average Bonchev–Trinajstić information content (AvgIpc) is 2.49. The molecule has 0 bridgehead atoms. The third-order valence-corrected chi connectivity index (χ3v) is 10.1. The van der Waals surface area contributed by atoms with E-state index in [0.717, 1.165) is 13.0 Å². The molecule has 2 heteroatoms. The molecule has 0 aliphatic carbocycles. The maximum Gasteiger partial charge on any atom is 0.192 e. The maximum atomic E-state index is 6.25. The molecule has 0 aromatic carbocycles. The van der Waals surface area contributed by atoms with Crippen LogP contribution in [0.25, 0.3) is 0 Å². The highest BCUT2D eigenvalue weighted by atomic mass is 28.4. The number of unbranched alkanes of at least 4 members (excludes halogenated alkanes) is 10. The van der Waals surface area contributed by atoms with Crippen molar-refractivity contribution in [1.29, 1.82) is 0 Å². The van der Waals surface area contributed by atoms with Crippen molar-refractivity contribution in [2.24, 2.45) is 0 Å². The van der Waals surface area contributed by atoms with E-state index >= 15 is 0 Å². The van der Waals surface area contributed by atoms with Crippen LogP contribution in [0, 0.1) is 0 Å². The summed E-state index contributed by atoms with van der Waals surface area (Å²) in [4.78, 5) is 0. The van der Waals surface area contributed by atoms with Crippen molar-refractivity contribution < 1.29 is 4.43 Å². The van der Waals surface area contributed by atoms with Crippen molar-refractivity contribution in [2.75, 3.05) is 6.61 Å². The first-order valence-corrected chi connectivity index (χ1v) is 13.4. The Bertz CT molecular complexity index is 314. The third kappa shape index (κ3) is 12.3. The van der Waals surface area contributed by atoms with E-state index in [9.17, 15) is 0 Å². The van der Waals surface area contributed by atoms with Gasteiger partial charge in [0, 0.05) is 0 Å². The van der Waals surface area contributed by atoms with E-state index in [1.807, 2.05) is 0 Å². The molecule has 0 fully saturated rings. The van der Waals surface area contributed by atoms with Crippen molar-refractivity contribution in [3.8, 4) is 0 Å². The number of rotatable bonds is 15. The summed E-state index contributed by atoms with van der Waals surface area (Å²) in [6, 6.07) is 0. The highest BCUT2D eigenvalue weighted by Crippen LogP contribution is 2.36. The Balaban J connectivity index is 3.47. The van der Waals surface area contributed by atoms with E-state index in [1.165, 1.54) is 76.2 Å². The Morgan fingerprint density at radius 3 is 1.62 bits per heavy atom. The predicted octanol–water partition coefficient (Wildman–Crippen LogP) is 8.27. The fourth-order valence-corrected chi connectivity index (χ4v) is 3.61.